The summed E-state index contributed by atoms with van der Waals surface area (Å²) in [4.78, 5) is 12.3. The molecule has 0 bridgehead atoms. The minimum Gasteiger partial charge on any atom is -0.390 e. The fourth-order valence-corrected chi connectivity index (χ4v) is 3.35. The summed E-state index contributed by atoms with van der Waals surface area (Å²) < 4.78 is 2.10. The summed E-state index contributed by atoms with van der Waals surface area (Å²) in [6, 6.07) is 11.5. The number of aromatic nitrogens is 1. The molecule has 0 spiro atoms. The standard InChI is InChI=1S/C19H25N3O2/c1-13(9-10-15-7-5-11-22(15)2)20-19(24)21-18-16-8-4-3-6-14(16)12-17(18)23/h3-8,11,13,17-18,23H,9-10,12H2,1-2H3,(H2,20,21,24)/t13?,17-,18+/m0/s1. The van der Waals surface area contributed by atoms with Gasteiger partial charge in [0.2, 0.25) is 0 Å². The van der Waals surface area contributed by atoms with Crippen LogP contribution in [0.5, 0.6) is 0 Å². The Morgan fingerprint density at radius 3 is 2.88 bits per heavy atom. The zero-order chi connectivity index (χ0) is 17.1. The van der Waals surface area contributed by atoms with Crippen molar-refractivity contribution in [3.63, 3.8) is 0 Å². The van der Waals surface area contributed by atoms with Crippen molar-refractivity contribution in [2.24, 2.45) is 7.05 Å². The quantitative estimate of drug-likeness (QED) is 0.789. The van der Waals surface area contributed by atoms with E-state index in [4.69, 9.17) is 0 Å². The largest absolute Gasteiger partial charge is 0.390 e. The average molecular weight is 327 g/mol. The second kappa shape index (κ2) is 7.09. The first-order valence-corrected chi connectivity index (χ1v) is 8.47. The fourth-order valence-electron chi connectivity index (χ4n) is 3.35. The Morgan fingerprint density at radius 2 is 2.12 bits per heavy atom. The van der Waals surface area contributed by atoms with Gasteiger partial charge in [-0.1, -0.05) is 24.3 Å². The average Bonchev–Trinajstić information content (AvgIpc) is 3.09. The predicted molar refractivity (Wildman–Crippen MR) is 93.8 cm³/mol. The maximum Gasteiger partial charge on any atom is 0.315 e. The van der Waals surface area contributed by atoms with Crippen LogP contribution in [0, 0.1) is 0 Å². The number of carbonyl (C=O) groups excluding carboxylic acids is 1. The van der Waals surface area contributed by atoms with Crippen molar-refractivity contribution in [3.05, 3.63) is 59.4 Å². The van der Waals surface area contributed by atoms with Crippen LogP contribution < -0.4 is 10.6 Å². The number of aliphatic hydroxyl groups excluding tert-OH is 1. The molecule has 1 aliphatic rings. The van der Waals surface area contributed by atoms with Crippen molar-refractivity contribution < 1.29 is 9.90 Å². The minimum atomic E-state index is -0.563. The third-order valence-electron chi connectivity index (χ3n) is 4.75. The highest BCUT2D eigenvalue weighted by molar-refractivity contribution is 5.75. The van der Waals surface area contributed by atoms with E-state index >= 15 is 0 Å². The molecule has 1 aromatic heterocycles. The first kappa shape index (κ1) is 16.6. The number of nitrogens with zero attached hydrogens (tertiary/aromatic N) is 1. The molecule has 0 saturated heterocycles. The zero-order valence-electron chi connectivity index (χ0n) is 14.2. The van der Waals surface area contributed by atoms with Crippen LogP contribution in [-0.2, 0) is 19.9 Å². The smallest absolute Gasteiger partial charge is 0.315 e. The number of hydrogen-bond acceptors (Lipinski definition) is 2. The van der Waals surface area contributed by atoms with E-state index < -0.39 is 6.10 Å². The van der Waals surface area contributed by atoms with E-state index in [1.54, 1.807) is 0 Å². The van der Waals surface area contributed by atoms with Crippen LogP contribution in [0.2, 0.25) is 0 Å². The van der Waals surface area contributed by atoms with E-state index in [-0.39, 0.29) is 18.1 Å². The molecular weight excluding hydrogens is 302 g/mol. The second-order valence-electron chi connectivity index (χ2n) is 6.62. The molecule has 0 aliphatic heterocycles. The Bertz CT molecular complexity index is 710. The van der Waals surface area contributed by atoms with E-state index in [0.29, 0.717) is 6.42 Å². The molecule has 3 rings (SSSR count). The molecule has 24 heavy (non-hydrogen) atoms. The van der Waals surface area contributed by atoms with Crippen LogP contribution in [-0.4, -0.2) is 27.9 Å². The van der Waals surface area contributed by atoms with Crippen LogP contribution in [0.4, 0.5) is 4.79 Å². The number of hydrogen-bond donors (Lipinski definition) is 3. The van der Waals surface area contributed by atoms with Gasteiger partial charge in [0.15, 0.2) is 0 Å². The minimum absolute atomic E-state index is 0.0636. The van der Waals surface area contributed by atoms with Crippen LogP contribution in [0.15, 0.2) is 42.6 Å². The molecule has 1 aliphatic carbocycles. The molecule has 2 amide bonds. The van der Waals surface area contributed by atoms with E-state index in [1.165, 1.54) is 5.69 Å². The third kappa shape index (κ3) is 3.62. The van der Waals surface area contributed by atoms with Crippen LogP contribution in [0.25, 0.3) is 0 Å². The van der Waals surface area contributed by atoms with Crippen molar-refractivity contribution in [1.29, 1.82) is 0 Å². The second-order valence-corrected chi connectivity index (χ2v) is 6.62. The predicted octanol–water partition coefficient (Wildman–Crippen LogP) is 2.30. The highest BCUT2D eigenvalue weighted by Crippen LogP contribution is 2.31. The summed E-state index contributed by atoms with van der Waals surface area (Å²) in [7, 11) is 2.03. The lowest BCUT2D eigenvalue weighted by Crippen LogP contribution is -2.44. The molecule has 1 unspecified atom stereocenters. The maximum absolute atomic E-state index is 12.3. The van der Waals surface area contributed by atoms with Crippen molar-refractivity contribution >= 4 is 6.03 Å². The van der Waals surface area contributed by atoms with Gasteiger partial charge in [0.25, 0.3) is 0 Å². The van der Waals surface area contributed by atoms with Crippen molar-refractivity contribution in [3.8, 4) is 0 Å². The summed E-state index contributed by atoms with van der Waals surface area (Å²) in [5.74, 6) is 0. The van der Waals surface area contributed by atoms with Crippen molar-refractivity contribution in [1.82, 2.24) is 15.2 Å². The van der Waals surface area contributed by atoms with Gasteiger partial charge < -0.3 is 20.3 Å². The molecular formula is C19H25N3O2. The van der Waals surface area contributed by atoms with E-state index in [1.807, 2.05) is 50.5 Å². The Kier molecular flexibility index (Phi) is 4.90. The van der Waals surface area contributed by atoms with Crippen LogP contribution >= 0.6 is 0 Å². The van der Waals surface area contributed by atoms with Gasteiger partial charge in [-0.15, -0.1) is 0 Å². The van der Waals surface area contributed by atoms with Crippen LogP contribution in [0.3, 0.4) is 0 Å². The molecule has 2 aromatic rings. The third-order valence-corrected chi connectivity index (χ3v) is 4.75. The summed E-state index contributed by atoms with van der Waals surface area (Å²) >= 11 is 0. The summed E-state index contributed by atoms with van der Waals surface area (Å²) in [6.07, 6.45) is 3.84. The molecule has 3 atom stereocenters. The Hall–Kier alpha value is -2.27. The fraction of sp³-hybridized carbons (Fsp3) is 0.421. The number of urea groups is 1. The molecule has 0 saturated carbocycles. The SMILES string of the molecule is CC(CCc1cccn1C)NC(=O)N[C@@H]1c2ccccc2C[C@@H]1O. The van der Waals surface area contributed by atoms with Gasteiger partial charge in [-0.05, 0) is 43.0 Å². The summed E-state index contributed by atoms with van der Waals surface area (Å²) in [5.41, 5.74) is 3.37. The Labute approximate surface area is 142 Å². The number of aliphatic hydroxyl groups is 1. The first-order valence-electron chi connectivity index (χ1n) is 8.47. The van der Waals surface area contributed by atoms with Gasteiger partial charge in [0.1, 0.15) is 0 Å². The van der Waals surface area contributed by atoms with E-state index in [2.05, 4.69) is 21.3 Å². The molecule has 0 fully saturated rings. The lowest BCUT2D eigenvalue weighted by Gasteiger charge is -2.21. The number of aryl methyl sites for hydroxylation is 2. The van der Waals surface area contributed by atoms with Gasteiger partial charge in [0.05, 0.1) is 12.1 Å². The van der Waals surface area contributed by atoms with Crippen LogP contribution in [0.1, 0.15) is 36.2 Å². The summed E-state index contributed by atoms with van der Waals surface area (Å²) in [5, 5.41) is 16.1. The molecule has 5 nitrogen and oxygen atoms in total. The molecule has 1 aromatic carbocycles. The summed E-state index contributed by atoms with van der Waals surface area (Å²) in [6.45, 7) is 2.00. The highest BCUT2D eigenvalue weighted by atomic mass is 16.3. The van der Waals surface area contributed by atoms with Crippen molar-refractivity contribution in [2.75, 3.05) is 0 Å². The number of nitrogens with one attached hydrogen (secondary N) is 2. The van der Waals surface area contributed by atoms with E-state index in [9.17, 15) is 9.90 Å². The Morgan fingerprint density at radius 1 is 1.33 bits per heavy atom. The number of rotatable bonds is 5. The molecule has 0 radical (unpaired) electrons. The van der Waals surface area contributed by atoms with Gasteiger partial charge in [-0.25, -0.2) is 4.79 Å². The normalized spacial score (nSPS) is 20.5. The van der Waals surface area contributed by atoms with Gasteiger partial charge in [-0.2, -0.15) is 0 Å². The number of amides is 2. The maximum atomic E-state index is 12.3. The highest BCUT2D eigenvalue weighted by Gasteiger charge is 2.31. The lowest BCUT2D eigenvalue weighted by molar-refractivity contribution is 0.142. The van der Waals surface area contributed by atoms with Gasteiger partial charge in [-0.3, -0.25) is 0 Å². The van der Waals surface area contributed by atoms with Gasteiger partial charge in [0, 0.05) is 31.4 Å². The molecule has 5 heteroatoms. The number of fused-ring (bicyclic) bond motifs is 1. The Balaban J connectivity index is 1.51. The first-order chi connectivity index (χ1) is 11.5. The molecule has 3 N–H and O–H groups in total. The number of benzene rings is 1. The molecule has 1 heterocycles. The van der Waals surface area contributed by atoms with Gasteiger partial charge >= 0.3 is 6.03 Å². The lowest BCUT2D eigenvalue weighted by atomic mass is 10.1. The topological polar surface area (TPSA) is 66.3 Å². The van der Waals surface area contributed by atoms with Crippen molar-refractivity contribution in [2.45, 2.75) is 44.4 Å². The molecule has 128 valence electrons. The van der Waals surface area contributed by atoms with E-state index in [0.717, 1.165) is 24.0 Å². The monoisotopic (exact) mass is 327 g/mol. The zero-order valence-corrected chi connectivity index (χ0v) is 14.2. The number of carbonyl (C=O) groups is 1.